The molecule has 0 radical (unpaired) electrons. The first-order chi connectivity index (χ1) is 19.7. The minimum atomic E-state index is -4.83. The van der Waals surface area contributed by atoms with Crippen LogP contribution >= 0.6 is 22.7 Å². The number of para-hydroxylation sites is 1. The number of thiazole rings is 1. The van der Waals surface area contributed by atoms with Gasteiger partial charge in [-0.3, -0.25) is 0 Å². The van der Waals surface area contributed by atoms with E-state index in [0.717, 1.165) is 47.9 Å². The third kappa shape index (κ3) is 6.11. The molecule has 216 valence electrons. The van der Waals surface area contributed by atoms with Crippen molar-refractivity contribution >= 4 is 33.8 Å². The number of ether oxygens (including phenoxy) is 2. The molecule has 0 spiro atoms. The molecule has 8 nitrogen and oxygen atoms in total. The maximum atomic E-state index is 13.1. The van der Waals surface area contributed by atoms with Crippen molar-refractivity contribution in [3.63, 3.8) is 0 Å². The van der Waals surface area contributed by atoms with Gasteiger partial charge in [0.2, 0.25) is 0 Å². The van der Waals surface area contributed by atoms with E-state index in [2.05, 4.69) is 21.7 Å². The summed E-state index contributed by atoms with van der Waals surface area (Å²) >= 11 is 2.88. The lowest BCUT2D eigenvalue weighted by Crippen LogP contribution is -2.43. The van der Waals surface area contributed by atoms with Crippen LogP contribution in [0.5, 0.6) is 5.75 Å². The predicted octanol–water partition coefficient (Wildman–Crippen LogP) is 7.57. The van der Waals surface area contributed by atoms with E-state index >= 15 is 0 Å². The summed E-state index contributed by atoms with van der Waals surface area (Å²) in [5.41, 5.74) is 2.20. The maximum Gasteiger partial charge on any atom is 0.573 e. The normalized spacial score (nSPS) is 19.5. The zero-order valence-electron chi connectivity index (χ0n) is 21.9. The summed E-state index contributed by atoms with van der Waals surface area (Å²) in [6, 6.07) is 7.70. The second-order valence-corrected chi connectivity index (χ2v) is 12.0. The molecule has 2 atom stereocenters. The number of piperidine rings is 1. The van der Waals surface area contributed by atoms with Crippen LogP contribution in [-0.2, 0) is 11.3 Å². The van der Waals surface area contributed by atoms with Crippen molar-refractivity contribution in [1.29, 1.82) is 0 Å². The van der Waals surface area contributed by atoms with E-state index in [1.807, 2.05) is 5.38 Å². The minimum Gasteiger partial charge on any atom is -0.478 e. The summed E-state index contributed by atoms with van der Waals surface area (Å²) in [6.45, 7) is 3.00. The third-order valence-corrected chi connectivity index (χ3v) is 9.09. The van der Waals surface area contributed by atoms with Crippen LogP contribution in [0.2, 0.25) is 0 Å². The Kier molecular flexibility index (Phi) is 7.51. The summed E-state index contributed by atoms with van der Waals surface area (Å²) in [5.74, 6) is -0.425. The summed E-state index contributed by atoms with van der Waals surface area (Å²) in [5, 5.41) is 17.8. The summed E-state index contributed by atoms with van der Waals surface area (Å²) in [4.78, 5) is 19.0. The lowest BCUT2D eigenvalue weighted by Gasteiger charge is -2.37. The van der Waals surface area contributed by atoms with Gasteiger partial charge in [0.05, 0.1) is 28.8 Å². The molecule has 13 heteroatoms. The first-order valence-electron chi connectivity index (χ1n) is 13.2. The van der Waals surface area contributed by atoms with E-state index in [-0.39, 0.29) is 41.5 Å². The summed E-state index contributed by atoms with van der Waals surface area (Å²) in [6.07, 6.45) is -1.53. The Morgan fingerprint density at radius 3 is 2.71 bits per heavy atom. The fraction of sp³-hybridized carbons (Fsp3) is 0.393. The highest BCUT2D eigenvalue weighted by molar-refractivity contribution is 7.16. The second kappa shape index (κ2) is 11.1. The van der Waals surface area contributed by atoms with E-state index in [4.69, 9.17) is 14.2 Å². The number of alkyl halides is 3. The average molecular weight is 606 g/mol. The average Bonchev–Trinajstić information content (AvgIpc) is 3.29. The summed E-state index contributed by atoms with van der Waals surface area (Å²) < 4.78 is 55.4. The van der Waals surface area contributed by atoms with Gasteiger partial charge in [-0.1, -0.05) is 17.3 Å². The van der Waals surface area contributed by atoms with Crippen LogP contribution in [-0.4, -0.2) is 46.3 Å². The van der Waals surface area contributed by atoms with Gasteiger partial charge in [0, 0.05) is 40.4 Å². The van der Waals surface area contributed by atoms with Crippen molar-refractivity contribution in [1.82, 2.24) is 10.1 Å². The number of aromatic carboxylic acids is 1. The van der Waals surface area contributed by atoms with Gasteiger partial charge in [-0.05, 0) is 50.8 Å². The van der Waals surface area contributed by atoms with Crippen LogP contribution in [0.4, 0.5) is 18.3 Å². The lowest BCUT2D eigenvalue weighted by molar-refractivity contribution is -0.274. The minimum absolute atomic E-state index is 0.0624. The van der Waals surface area contributed by atoms with Crippen molar-refractivity contribution in [2.24, 2.45) is 0 Å². The Morgan fingerprint density at radius 2 is 2.00 bits per heavy atom. The smallest absolute Gasteiger partial charge is 0.478 e. The molecule has 3 aromatic heterocycles. The Morgan fingerprint density at radius 1 is 1.20 bits per heavy atom. The van der Waals surface area contributed by atoms with Gasteiger partial charge in [-0.25, -0.2) is 9.78 Å². The first kappa shape index (κ1) is 27.7. The van der Waals surface area contributed by atoms with E-state index < -0.39 is 12.3 Å². The fourth-order valence-electron chi connectivity index (χ4n) is 5.07. The van der Waals surface area contributed by atoms with E-state index in [1.54, 1.807) is 23.6 Å². The quantitative estimate of drug-likeness (QED) is 0.209. The van der Waals surface area contributed by atoms with Crippen molar-refractivity contribution in [3.05, 3.63) is 58.0 Å². The van der Waals surface area contributed by atoms with Crippen LogP contribution in [0.15, 0.2) is 45.6 Å². The molecule has 0 bridgehead atoms. The molecule has 4 aromatic rings. The van der Waals surface area contributed by atoms with Crippen LogP contribution in [0.1, 0.15) is 60.2 Å². The van der Waals surface area contributed by atoms with Crippen molar-refractivity contribution < 1.29 is 37.1 Å². The van der Waals surface area contributed by atoms with Gasteiger partial charge in [-0.2, -0.15) is 0 Å². The Bertz CT molecular complexity index is 1540. The zero-order chi connectivity index (χ0) is 28.7. The number of hydrogen-bond acceptors (Lipinski definition) is 9. The highest BCUT2D eigenvalue weighted by Crippen LogP contribution is 2.46. The van der Waals surface area contributed by atoms with Crippen molar-refractivity contribution in [3.8, 4) is 27.6 Å². The number of carboxylic acid groups (broad SMARTS) is 1. The van der Waals surface area contributed by atoms with E-state index in [9.17, 15) is 23.1 Å². The number of hydrogen-bond donors (Lipinski definition) is 1. The molecule has 2 fully saturated rings. The molecule has 1 aliphatic carbocycles. The van der Waals surface area contributed by atoms with Gasteiger partial charge < -0.3 is 24.0 Å². The number of nitrogens with zero attached hydrogens (tertiary/aromatic N) is 3. The Labute approximate surface area is 241 Å². The predicted molar refractivity (Wildman–Crippen MR) is 148 cm³/mol. The molecule has 1 aromatic carbocycles. The molecule has 0 amide bonds. The SMILES string of the molecule is C[C@@H]1C[C@H](OCc2c(-c3ccccc3OC(F)(F)F)noc2C2CC2)CCN1c1nc(-c2cc(C(=O)O)cs2)cs1. The molecule has 4 heterocycles. The molecule has 1 saturated carbocycles. The molecule has 2 aliphatic rings. The topological polar surface area (TPSA) is 97.9 Å². The molecule has 6 rings (SSSR count). The van der Waals surface area contributed by atoms with Gasteiger partial charge in [-0.15, -0.1) is 35.8 Å². The van der Waals surface area contributed by atoms with Crippen LogP contribution in [0.3, 0.4) is 0 Å². The molecular weight excluding hydrogens is 579 g/mol. The molecular formula is C28H26F3N3O5S2. The molecule has 0 unspecified atom stereocenters. The standard InChI is InChI=1S/C28H26F3N3O5S2/c1-15-10-18(8-9-34(15)27-32-21(14-41-27)23-11-17(13-40-23)26(35)36)37-12-20-24(33-39-25(20)16-6-7-16)19-4-2-3-5-22(19)38-28(29,30)31/h2-5,11,13-16,18H,6-10,12H2,1H3,(H,35,36)/t15-,18-/m1/s1. The van der Waals surface area contributed by atoms with Crippen LogP contribution in [0, 0.1) is 0 Å². The fourth-order valence-corrected chi connectivity index (χ4v) is 6.95. The van der Waals surface area contributed by atoms with Gasteiger partial charge in [0.15, 0.2) is 5.13 Å². The largest absolute Gasteiger partial charge is 0.573 e. The zero-order valence-corrected chi connectivity index (χ0v) is 23.5. The van der Waals surface area contributed by atoms with Gasteiger partial charge in [0.25, 0.3) is 0 Å². The number of carboxylic acids is 1. The number of anilines is 1. The second-order valence-electron chi connectivity index (χ2n) is 10.2. The molecule has 1 N–H and O–H groups in total. The first-order valence-corrected chi connectivity index (χ1v) is 14.9. The Balaban J connectivity index is 1.14. The van der Waals surface area contributed by atoms with Crippen LogP contribution < -0.4 is 9.64 Å². The van der Waals surface area contributed by atoms with E-state index in [0.29, 0.717) is 17.0 Å². The number of benzene rings is 1. The van der Waals surface area contributed by atoms with Crippen molar-refractivity contribution in [2.75, 3.05) is 11.4 Å². The van der Waals surface area contributed by atoms with Gasteiger partial charge in [0.1, 0.15) is 17.2 Å². The number of aromatic nitrogens is 2. The maximum absolute atomic E-state index is 13.1. The molecule has 1 saturated heterocycles. The van der Waals surface area contributed by atoms with Crippen molar-refractivity contribution in [2.45, 2.75) is 63.6 Å². The monoisotopic (exact) mass is 605 g/mol. The van der Waals surface area contributed by atoms with E-state index in [1.165, 1.54) is 34.8 Å². The van der Waals surface area contributed by atoms with Gasteiger partial charge >= 0.3 is 12.3 Å². The number of halogens is 3. The van der Waals surface area contributed by atoms with Crippen LogP contribution in [0.25, 0.3) is 21.8 Å². The lowest BCUT2D eigenvalue weighted by atomic mass is 10.0. The number of rotatable bonds is 9. The molecule has 1 aliphatic heterocycles. The number of carbonyl (C=O) groups is 1. The number of thiophene rings is 1. The summed E-state index contributed by atoms with van der Waals surface area (Å²) in [7, 11) is 0. The third-order valence-electron chi connectivity index (χ3n) is 7.26. The highest BCUT2D eigenvalue weighted by Gasteiger charge is 2.36. The Hall–Kier alpha value is -3.42. The highest BCUT2D eigenvalue weighted by atomic mass is 32.1. The molecule has 41 heavy (non-hydrogen) atoms.